The molecule has 0 spiro atoms. The van der Waals surface area contributed by atoms with Gasteiger partial charge in [-0.2, -0.15) is 0 Å². The van der Waals surface area contributed by atoms with Crippen molar-refractivity contribution in [2.45, 2.75) is 221 Å². The maximum atomic E-state index is 15.2. The molecule has 0 saturated carbocycles. The van der Waals surface area contributed by atoms with Crippen LogP contribution in [-0.4, -0.2) is 287 Å². The van der Waals surface area contributed by atoms with E-state index < -0.39 is 187 Å². The smallest absolute Gasteiger partial charge is 0.246 e. The molecule has 28 nitrogen and oxygen atoms in total. The monoisotopic (exact) mass is 1360 g/mol. The van der Waals surface area contributed by atoms with Crippen molar-refractivity contribution in [1.82, 2.24) is 60.9 Å². The molecule has 9 N–H and O–H groups in total. The second kappa shape index (κ2) is 41.0. The average molecular weight is 1360 g/mol. The van der Waals surface area contributed by atoms with E-state index in [2.05, 4.69) is 26.6 Å². The summed E-state index contributed by atoms with van der Waals surface area (Å²) >= 11 is 0. The second-order valence-electron chi connectivity index (χ2n) is 28.0. The predicted octanol–water partition coefficient (Wildman–Crippen LogP) is 0.489. The highest BCUT2D eigenvalue weighted by Gasteiger charge is 2.46. The molecule has 28 heteroatoms. The Kier molecular flexibility index (Phi) is 37.3. The van der Waals surface area contributed by atoms with Crippen molar-refractivity contribution < 1.29 is 77.9 Å². The zero-order valence-electron chi connectivity index (χ0n) is 61.8. The van der Waals surface area contributed by atoms with Crippen molar-refractivity contribution in [1.29, 1.82) is 0 Å². The zero-order valence-corrected chi connectivity index (χ0v) is 61.8. The standard InChI is InChI=1S/C68H122N12O16/c1-24-26-29-44(13)57(85)56-61(89)72-48(25-2)63(91)74(17)35-52(84)78(21)55(47(16)96-31-28-27-30-69-68(36-81,37-82)38-83)60(88)73-53(42(9)10)66(94)75(18)49(32-39(3)4)59(87)70-45(14)58(86)71-46(15)62(90)76(19)50(33-40(5)6)64(92)77(20)51(34-41(7)8)65(93)79(22)54(43(11)12)67(95)80(56)23/h24,26-28,39-51,53-57,69,81-83,85H,25,29-38H2,1-23H3,(H,70,87)(H,71,86)(H,72,89)(H,73,88)/t44-,45+,46-,47-,48+,49+,50+,51+,53+,54+,55+,56+,57-/m1/s1. The third-order valence-electron chi connectivity index (χ3n) is 17.9. The molecule has 1 rings (SSSR count). The number of aliphatic hydroxyl groups is 4. The van der Waals surface area contributed by atoms with Crippen molar-refractivity contribution in [2.24, 2.45) is 35.5 Å². The Bertz CT molecular complexity index is 2630. The van der Waals surface area contributed by atoms with E-state index in [4.69, 9.17) is 4.74 Å². The fraction of sp³-hybridized carbons (Fsp3) is 0.779. The summed E-state index contributed by atoms with van der Waals surface area (Å²) < 4.78 is 6.12. The van der Waals surface area contributed by atoms with E-state index in [9.17, 15) is 58.8 Å². The lowest BCUT2D eigenvalue weighted by molar-refractivity contribution is -0.157. The molecule has 0 aromatic heterocycles. The molecular formula is C68H122N12O16. The summed E-state index contributed by atoms with van der Waals surface area (Å²) in [5.41, 5.74) is -1.38. The van der Waals surface area contributed by atoms with Crippen LogP contribution in [0.15, 0.2) is 24.3 Å². The highest BCUT2D eigenvalue weighted by atomic mass is 16.5. The fourth-order valence-electron chi connectivity index (χ4n) is 11.5. The van der Waals surface area contributed by atoms with Crippen molar-refractivity contribution in [3.63, 3.8) is 0 Å². The first-order chi connectivity index (χ1) is 44.6. The summed E-state index contributed by atoms with van der Waals surface area (Å²) in [5, 5.41) is 55.2. The predicted molar refractivity (Wildman–Crippen MR) is 366 cm³/mol. The number of aliphatic hydroxyl groups excluding tert-OH is 4. The van der Waals surface area contributed by atoms with Gasteiger partial charge in [0, 0.05) is 55.9 Å². The van der Waals surface area contributed by atoms with Gasteiger partial charge in [-0.25, -0.2) is 0 Å². The van der Waals surface area contributed by atoms with Gasteiger partial charge in [-0.15, -0.1) is 0 Å². The van der Waals surface area contributed by atoms with Crippen molar-refractivity contribution >= 4 is 65.0 Å². The Morgan fingerprint density at radius 2 is 0.990 bits per heavy atom. The molecule has 0 aliphatic carbocycles. The first-order valence-electron chi connectivity index (χ1n) is 33.8. The van der Waals surface area contributed by atoms with E-state index >= 15 is 14.4 Å². The van der Waals surface area contributed by atoms with Gasteiger partial charge in [0.05, 0.1) is 50.7 Å². The summed E-state index contributed by atoms with van der Waals surface area (Å²) in [6.45, 7) is 24.8. The van der Waals surface area contributed by atoms with Crippen LogP contribution in [0.2, 0.25) is 0 Å². The van der Waals surface area contributed by atoms with Gasteiger partial charge in [-0.05, 0) is 95.3 Å². The largest absolute Gasteiger partial charge is 0.394 e. The SMILES string of the molecule is CC=CC[C@@H](C)[C@@H](O)[C@H]1C(=O)N[C@@H](CC)C(=O)N(C)CC(=O)N(C)[C@@H]([C@@H](C)OCC=CCNC(CO)(CO)CO)C(=O)N[C@@H](C(C)C)C(=O)N(C)[C@@H](CC(C)C)C(=O)N[C@@H](C)C(=O)N[C@H](C)C(=O)N(C)[C@@H](CC(C)C)C(=O)N(C)[C@@H](CC(C)C)C(=O)N(C)[C@@H](C(C)C)C(=O)N1C. The Morgan fingerprint density at radius 1 is 0.521 bits per heavy atom. The van der Waals surface area contributed by atoms with E-state index in [0.717, 1.165) is 14.7 Å². The van der Waals surface area contributed by atoms with Crippen LogP contribution >= 0.6 is 0 Å². The van der Waals surface area contributed by atoms with Crippen molar-refractivity contribution in [3.05, 3.63) is 24.3 Å². The molecule has 0 radical (unpaired) electrons. The quantitative estimate of drug-likeness (QED) is 0.0629. The second-order valence-corrected chi connectivity index (χ2v) is 28.0. The highest BCUT2D eigenvalue weighted by Crippen LogP contribution is 2.26. The molecule has 96 heavy (non-hydrogen) atoms. The average Bonchev–Trinajstić information content (AvgIpc) is 0.807. The molecule has 0 aromatic carbocycles. The summed E-state index contributed by atoms with van der Waals surface area (Å²) in [7, 11) is 9.61. The molecular weight excluding hydrogens is 1240 g/mol. The number of carbonyl (C=O) groups is 11. The molecule has 1 heterocycles. The van der Waals surface area contributed by atoms with Gasteiger partial charge in [0.15, 0.2) is 0 Å². The number of carbonyl (C=O) groups excluding carboxylic acids is 11. The molecule has 11 amide bonds. The fourth-order valence-corrected chi connectivity index (χ4v) is 11.5. The molecule has 0 unspecified atom stereocenters. The van der Waals surface area contributed by atoms with Gasteiger partial charge in [0.1, 0.15) is 60.4 Å². The normalized spacial score (nSPS) is 25.8. The van der Waals surface area contributed by atoms with Gasteiger partial charge < -0.3 is 86.0 Å². The van der Waals surface area contributed by atoms with Gasteiger partial charge in [0.2, 0.25) is 65.0 Å². The number of likely N-dealkylation sites (N-methyl/N-ethyl adjacent to an activating group) is 7. The lowest BCUT2D eigenvalue weighted by Crippen LogP contribution is -2.63. The van der Waals surface area contributed by atoms with Crippen LogP contribution in [0.4, 0.5) is 0 Å². The maximum absolute atomic E-state index is 15.2. The number of allylic oxidation sites excluding steroid dienone is 2. The molecule has 1 fully saturated rings. The topological polar surface area (TPSA) is 361 Å². The molecule has 0 aromatic rings. The maximum Gasteiger partial charge on any atom is 0.246 e. The van der Waals surface area contributed by atoms with E-state index in [0.29, 0.717) is 0 Å². The lowest BCUT2D eigenvalue weighted by atomic mass is 9.91. The Balaban J connectivity index is 4.40. The number of amides is 11. The van der Waals surface area contributed by atoms with Crippen LogP contribution in [0.3, 0.4) is 0 Å². The molecule has 550 valence electrons. The number of hydrogen-bond acceptors (Lipinski definition) is 17. The van der Waals surface area contributed by atoms with Crippen LogP contribution in [0.25, 0.3) is 0 Å². The third-order valence-corrected chi connectivity index (χ3v) is 17.9. The first kappa shape index (κ1) is 87.4. The lowest BCUT2D eigenvalue weighted by Gasteiger charge is -2.41. The Hall–Kier alpha value is -6.59. The number of hydrogen-bond donors (Lipinski definition) is 9. The van der Waals surface area contributed by atoms with E-state index in [-0.39, 0.29) is 63.0 Å². The number of nitrogens with one attached hydrogen (secondary N) is 5. The van der Waals surface area contributed by atoms with Gasteiger partial charge in [-0.3, -0.25) is 52.7 Å². The minimum atomic E-state index is -1.67. The van der Waals surface area contributed by atoms with Crippen LogP contribution in [-0.2, 0) is 57.5 Å². The molecule has 0 bridgehead atoms. The summed E-state index contributed by atoms with van der Waals surface area (Å²) in [6, 6.07) is -13.3. The number of ether oxygens (including phenoxy) is 1. The van der Waals surface area contributed by atoms with E-state index in [1.807, 2.05) is 41.5 Å². The Labute approximate surface area is 571 Å². The summed E-state index contributed by atoms with van der Waals surface area (Å²) in [4.78, 5) is 170. The van der Waals surface area contributed by atoms with E-state index in [1.54, 1.807) is 72.8 Å². The first-order valence-corrected chi connectivity index (χ1v) is 33.8. The molecule has 1 saturated heterocycles. The van der Waals surface area contributed by atoms with E-state index in [1.165, 1.54) is 89.7 Å². The zero-order chi connectivity index (χ0) is 74.1. The Morgan fingerprint density at radius 3 is 1.47 bits per heavy atom. The van der Waals surface area contributed by atoms with Crippen LogP contribution in [0, 0.1) is 35.5 Å². The third kappa shape index (κ3) is 24.7. The number of rotatable bonds is 23. The number of nitrogens with zero attached hydrogens (tertiary/aromatic N) is 7. The summed E-state index contributed by atoms with van der Waals surface area (Å²) in [5.74, 6) is -10.7. The van der Waals surface area contributed by atoms with Crippen LogP contribution in [0.1, 0.15) is 143 Å². The van der Waals surface area contributed by atoms with Gasteiger partial charge in [-0.1, -0.05) is 107 Å². The molecule has 1 aliphatic heterocycles. The minimum absolute atomic E-state index is 0.0450. The van der Waals surface area contributed by atoms with Gasteiger partial charge in [0.25, 0.3) is 0 Å². The summed E-state index contributed by atoms with van der Waals surface area (Å²) in [6.07, 6.45) is 4.55. The van der Waals surface area contributed by atoms with Gasteiger partial charge >= 0.3 is 0 Å². The highest BCUT2D eigenvalue weighted by molar-refractivity contribution is 5.99. The van der Waals surface area contributed by atoms with Crippen molar-refractivity contribution in [2.75, 3.05) is 88.9 Å². The molecule has 1 aliphatic rings. The minimum Gasteiger partial charge on any atom is -0.394 e. The van der Waals surface area contributed by atoms with Crippen LogP contribution in [0.5, 0.6) is 0 Å². The van der Waals surface area contributed by atoms with Crippen molar-refractivity contribution in [3.8, 4) is 0 Å². The van der Waals surface area contributed by atoms with Crippen LogP contribution < -0.4 is 26.6 Å². The molecule has 13 atom stereocenters.